The highest BCUT2D eigenvalue weighted by Crippen LogP contribution is 2.33. The number of ether oxygens (including phenoxy) is 1. The molecule has 1 saturated carbocycles. The van der Waals surface area contributed by atoms with Crippen molar-refractivity contribution in [3.8, 4) is 17.0 Å². The fourth-order valence-corrected chi connectivity index (χ4v) is 5.63. The molecular formula is C26H30N4O3S. The number of rotatable bonds is 6. The summed E-state index contributed by atoms with van der Waals surface area (Å²) in [6, 6.07) is 13.6. The van der Waals surface area contributed by atoms with Crippen molar-refractivity contribution in [1.29, 1.82) is 0 Å². The minimum atomic E-state index is -1.03. The molecule has 7 nitrogen and oxygen atoms in total. The predicted molar refractivity (Wildman–Crippen MR) is 132 cm³/mol. The van der Waals surface area contributed by atoms with Crippen LogP contribution in [0.15, 0.2) is 47.8 Å². The molecule has 0 saturated heterocycles. The molecule has 0 spiro atoms. The summed E-state index contributed by atoms with van der Waals surface area (Å²) in [5.41, 5.74) is 1.08. The Hall–Kier alpha value is -3.13. The third-order valence-electron chi connectivity index (χ3n) is 7.01. The number of hydrogen-bond donors (Lipinski definition) is 1. The summed E-state index contributed by atoms with van der Waals surface area (Å²) in [7, 11) is 1.63. The van der Waals surface area contributed by atoms with Crippen molar-refractivity contribution in [2.75, 3.05) is 7.11 Å². The molecule has 3 aromatic rings. The first-order valence-corrected chi connectivity index (χ1v) is 12.7. The Bertz CT molecular complexity index is 1170. The lowest BCUT2D eigenvalue weighted by molar-refractivity contribution is -0.134. The molecule has 1 atom stereocenters. The Labute approximate surface area is 203 Å². The van der Waals surface area contributed by atoms with Crippen molar-refractivity contribution in [3.63, 3.8) is 0 Å². The molecule has 2 aromatic heterocycles. The number of hydrogen-bond acceptors (Lipinski definition) is 5. The van der Waals surface area contributed by atoms with Gasteiger partial charge in [-0.2, -0.15) is 5.10 Å². The van der Waals surface area contributed by atoms with Gasteiger partial charge in [0.05, 0.1) is 25.9 Å². The minimum Gasteiger partial charge on any atom is -0.497 e. The van der Waals surface area contributed by atoms with E-state index >= 15 is 0 Å². The van der Waals surface area contributed by atoms with Crippen LogP contribution >= 0.6 is 11.3 Å². The van der Waals surface area contributed by atoms with E-state index < -0.39 is 5.54 Å². The topological polar surface area (TPSA) is 76.5 Å². The molecule has 1 aliphatic carbocycles. The lowest BCUT2D eigenvalue weighted by Gasteiger charge is -2.43. The van der Waals surface area contributed by atoms with Gasteiger partial charge in [-0.05, 0) is 61.5 Å². The van der Waals surface area contributed by atoms with Gasteiger partial charge in [-0.25, -0.2) is 0 Å². The average molecular weight is 479 g/mol. The van der Waals surface area contributed by atoms with Crippen LogP contribution in [0.5, 0.6) is 5.75 Å². The van der Waals surface area contributed by atoms with Gasteiger partial charge in [0.2, 0.25) is 5.91 Å². The normalized spacial score (nSPS) is 20.8. The van der Waals surface area contributed by atoms with Crippen LogP contribution in [0, 0.1) is 0 Å². The van der Waals surface area contributed by atoms with Crippen molar-refractivity contribution in [1.82, 2.24) is 20.0 Å². The molecule has 1 fully saturated rings. The molecule has 1 N–H and O–H groups in total. The number of carbonyl (C=O) groups excluding carboxylic acids is 2. The Balaban J connectivity index is 1.48. The molecule has 0 radical (unpaired) electrons. The predicted octanol–water partition coefficient (Wildman–Crippen LogP) is 4.48. The van der Waals surface area contributed by atoms with Crippen LogP contribution in [0.25, 0.3) is 11.3 Å². The lowest BCUT2D eigenvalue weighted by Crippen LogP contribution is -2.64. The van der Waals surface area contributed by atoms with Gasteiger partial charge in [0, 0.05) is 16.5 Å². The Morgan fingerprint density at radius 1 is 1.21 bits per heavy atom. The van der Waals surface area contributed by atoms with Crippen LogP contribution in [0.3, 0.4) is 0 Å². The second kappa shape index (κ2) is 9.25. The van der Waals surface area contributed by atoms with E-state index in [0.29, 0.717) is 24.5 Å². The van der Waals surface area contributed by atoms with E-state index in [-0.39, 0.29) is 17.9 Å². The van der Waals surface area contributed by atoms with Crippen LogP contribution in [0.4, 0.5) is 0 Å². The van der Waals surface area contributed by atoms with Crippen molar-refractivity contribution in [3.05, 3.63) is 58.4 Å². The molecule has 3 heterocycles. The smallest absolute Gasteiger partial charge is 0.273 e. The standard InChI is InChI=1S/C26H30N4O3S/c1-26(25(32)27-19-7-4-3-5-8-19)17-30-23(24(31)29(26)16-21-9-6-14-34-21)15-22(28-30)18-10-12-20(33-2)13-11-18/h6,9-15,19H,3-5,7-8,16-17H2,1-2H3,(H,27,32)/t26-/m1/s1. The summed E-state index contributed by atoms with van der Waals surface area (Å²) in [5.74, 6) is 0.488. The van der Waals surface area contributed by atoms with E-state index in [1.54, 1.807) is 28.0 Å². The molecule has 34 heavy (non-hydrogen) atoms. The first kappa shape index (κ1) is 22.7. The van der Waals surface area contributed by atoms with E-state index in [4.69, 9.17) is 9.84 Å². The zero-order valence-electron chi connectivity index (χ0n) is 19.6. The lowest BCUT2D eigenvalue weighted by atomic mass is 9.91. The maximum Gasteiger partial charge on any atom is 0.273 e. The van der Waals surface area contributed by atoms with Gasteiger partial charge in [-0.3, -0.25) is 14.3 Å². The number of nitrogens with one attached hydrogen (secondary N) is 1. The fraction of sp³-hybridized carbons (Fsp3) is 0.423. The summed E-state index contributed by atoms with van der Waals surface area (Å²) in [6.07, 6.45) is 5.48. The van der Waals surface area contributed by atoms with Crippen LogP contribution in [0.1, 0.15) is 54.4 Å². The van der Waals surface area contributed by atoms with Crippen molar-refractivity contribution in [2.24, 2.45) is 0 Å². The van der Waals surface area contributed by atoms with Crippen molar-refractivity contribution < 1.29 is 14.3 Å². The Kier molecular flexibility index (Phi) is 6.16. The monoisotopic (exact) mass is 478 g/mol. The van der Waals surface area contributed by atoms with Crippen molar-refractivity contribution >= 4 is 23.2 Å². The molecule has 0 unspecified atom stereocenters. The largest absolute Gasteiger partial charge is 0.497 e. The molecule has 1 aliphatic heterocycles. The second-order valence-corrected chi connectivity index (χ2v) is 10.4. The highest BCUT2D eigenvalue weighted by atomic mass is 32.1. The van der Waals surface area contributed by atoms with E-state index in [0.717, 1.165) is 41.9 Å². The Morgan fingerprint density at radius 2 is 1.97 bits per heavy atom. The Morgan fingerprint density at radius 3 is 2.65 bits per heavy atom. The van der Waals surface area contributed by atoms with Gasteiger partial charge in [-0.15, -0.1) is 11.3 Å². The van der Waals surface area contributed by atoms with Gasteiger partial charge >= 0.3 is 0 Å². The molecule has 0 bridgehead atoms. The zero-order chi connectivity index (χ0) is 23.7. The van der Waals surface area contributed by atoms with E-state index in [2.05, 4.69) is 5.32 Å². The molecule has 5 rings (SSSR count). The first-order chi connectivity index (χ1) is 16.5. The number of methoxy groups -OCH3 is 1. The molecule has 2 amide bonds. The fourth-order valence-electron chi connectivity index (χ4n) is 4.94. The average Bonchev–Trinajstić information content (AvgIpc) is 3.52. The van der Waals surface area contributed by atoms with Gasteiger partial charge < -0.3 is 15.0 Å². The van der Waals surface area contributed by atoms with Crippen LogP contribution in [-0.2, 0) is 17.9 Å². The van der Waals surface area contributed by atoms with Gasteiger partial charge in [0.1, 0.15) is 17.0 Å². The van der Waals surface area contributed by atoms with Crippen molar-refractivity contribution in [2.45, 2.75) is 63.7 Å². The number of fused-ring (bicyclic) bond motifs is 1. The minimum absolute atomic E-state index is 0.101. The summed E-state index contributed by atoms with van der Waals surface area (Å²) in [5, 5.41) is 9.99. The third kappa shape index (κ3) is 4.22. The van der Waals surface area contributed by atoms with E-state index in [1.807, 2.05) is 54.8 Å². The number of thiophene rings is 1. The molecule has 2 aliphatic rings. The summed E-state index contributed by atoms with van der Waals surface area (Å²) < 4.78 is 6.96. The van der Waals surface area contributed by atoms with Gasteiger partial charge in [0.25, 0.3) is 5.91 Å². The highest BCUT2D eigenvalue weighted by molar-refractivity contribution is 7.09. The maximum absolute atomic E-state index is 13.8. The number of amides is 2. The molecule has 8 heteroatoms. The second-order valence-electron chi connectivity index (χ2n) is 9.35. The highest BCUT2D eigenvalue weighted by Gasteiger charge is 2.48. The first-order valence-electron chi connectivity index (χ1n) is 11.9. The van der Waals surface area contributed by atoms with Crippen LogP contribution < -0.4 is 10.1 Å². The number of nitrogens with zero attached hydrogens (tertiary/aromatic N) is 3. The molecule has 178 valence electrons. The SMILES string of the molecule is COc1ccc(-c2cc3n(n2)C[C@](C)(C(=O)NC2CCCCC2)N(Cc2cccs2)C3=O)cc1. The summed E-state index contributed by atoms with van der Waals surface area (Å²) >= 11 is 1.59. The van der Waals surface area contributed by atoms with Gasteiger partial charge in [-0.1, -0.05) is 25.3 Å². The molecular weight excluding hydrogens is 448 g/mol. The summed E-state index contributed by atoms with van der Waals surface area (Å²) in [4.78, 5) is 30.2. The summed E-state index contributed by atoms with van der Waals surface area (Å²) in [6.45, 7) is 2.58. The zero-order valence-corrected chi connectivity index (χ0v) is 20.4. The van der Waals surface area contributed by atoms with Gasteiger partial charge in [0.15, 0.2) is 0 Å². The molecule has 1 aromatic carbocycles. The van der Waals surface area contributed by atoms with Crippen LogP contribution in [-0.4, -0.2) is 45.2 Å². The number of benzene rings is 1. The number of aromatic nitrogens is 2. The van der Waals surface area contributed by atoms with E-state index in [9.17, 15) is 9.59 Å². The number of carbonyl (C=O) groups is 2. The quantitative estimate of drug-likeness (QED) is 0.567. The third-order valence-corrected chi connectivity index (χ3v) is 7.87. The van der Waals surface area contributed by atoms with E-state index in [1.165, 1.54) is 6.42 Å². The van der Waals surface area contributed by atoms with Crippen LogP contribution in [0.2, 0.25) is 0 Å². The maximum atomic E-state index is 13.8.